The van der Waals surface area contributed by atoms with Gasteiger partial charge in [0, 0.05) is 29.8 Å². The Morgan fingerprint density at radius 2 is 1.52 bits per heavy atom. The van der Waals surface area contributed by atoms with E-state index >= 15 is 0 Å². The van der Waals surface area contributed by atoms with Gasteiger partial charge in [-0.3, -0.25) is 9.78 Å². The van der Waals surface area contributed by atoms with E-state index in [4.69, 9.17) is 0 Å². The van der Waals surface area contributed by atoms with Crippen molar-refractivity contribution in [2.45, 2.75) is 6.04 Å². The molecule has 132 valence electrons. The first-order valence-corrected chi connectivity index (χ1v) is 8.81. The van der Waals surface area contributed by atoms with Gasteiger partial charge in [0.2, 0.25) is 0 Å². The predicted octanol–water partition coefficient (Wildman–Crippen LogP) is 4.39. The van der Waals surface area contributed by atoms with E-state index in [1.807, 2.05) is 102 Å². The summed E-state index contributed by atoms with van der Waals surface area (Å²) in [5.41, 5.74) is 3.43. The van der Waals surface area contributed by atoms with Crippen molar-refractivity contribution in [3.63, 3.8) is 0 Å². The molecule has 0 spiro atoms. The van der Waals surface area contributed by atoms with E-state index in [0.717, 1.165) is 16.9 Å². The van der Waals surface area contributed by atoms with Crippen molar-refractivity contribution in [2.75, 3.05) is 0 Å². The van der Waals surface area contributed by atoms with Crippen molar-refractivity contribution in [1.82, 2.24) is 14.9 Å². The molecule has 0 radical (unpaired) electrons. The molecule has 0 bridgehead atoms. The van der Waals surface area contributed by atoms with E-state index in [9.17, 15) is 4.79 Å². The molecule has 4 nitrogen and oxygen atoms in total. The quantitative estimate of drug-likeness (QED) is 0.578. The Kier molecular flexibility index (Phi) is 4.79. The minimum atomic E-state index is -0.302. The summed E-state index contributed by atoms with van der Waals surface area (Å²) in [4.78, 5) is 17.3. The standard InChI is InChI=1S/C23H19N3O/c27-23(19-11-13-20(14-12-19)26-16-6-7-17-26)25-22(18-8-2-1-3-9-18)21-10-4-5-15-24-21/h1-17,22H,(H,25,27). The first-order chi connectivity index (χ1) is 13.3. The Morgan fingerprint density at radius 3 is 2.19 bits per heavy atom. The monoisotopic (exact) mass is 353 g/mol. The van der Waals surface area contributed by atoms with Crippen molar-refractivity contribution >= 4 is 5.91 Å². The Morgan fingerprint density at radius 1 is 0.815 bits per heavy atom. The van der Waals surface area contributed by atoms with Gasteiger partial charge in [0.25, 0.3) is 5.91 Å². The fraction of sp³-hybridized carbons (Fsp3) is 0.0435. The van der Waals surface area contributed by atoms with Gasteiger partial charge in [-0.15, -0.1) is 0 Å². The second kappa shape index (κ2) is 7.70. The highest BCUT2D eigenvalue weighted by molar-refractivity contribution is 5.94. The van der Waals surface area contributed by atoms with Crippen LogP contribution in [0.25, 0.3) is 5.69 Å². The van der Waals surface area contributed by atoms with Crippen molar-refractivity contribution in [3.05, 3.63) is 120 Å². The largest absolute Gasteiger partial charge is 0.340 e. The number of pyridine rings is 1. The van der Waals surface area contributed by atoms with Crippen LogP contribution in [0.3, 0.4) is 0 Å². The van der Waals surface area contributed by atoms with Gasteiger partial charge in [-0.05, 0) is 54.1 Å². The highest BCUT2D eigenvalue weighted by atomic mass is 16.1. The molecular formula is C23H19N3O. The second-order valence-electron chi connectivity index (χ2n) is 6.21. The number of carbonyl (C=O) groups is 1. The van der Waals surface area contributed by atoms with Gasteiger partial charge in [0.1, 0.15) is 0 Å². The summed E-state index contributed by atoms with van der Waals surface area (Å²) < 4.78 is 2.00. The van der Waals surface area contributed by atoms with Crippen LogP contribution in [0, 0.1) is 0 Å². The number of nitrogens with one attached hydrogen (secondary N) is 1. The van der Waals surface area contributed by atoms with Crippen molar-refractivity contribution in [1.29, 1.82) is 0 Å². The minimum absolute atomic E-state index is 0.131. The zero-order valence-electron chi connectivity index (χ0n) is 14.7. The summed E-state index contributed by atoms with van der Waals surface area (Å²) in [5.74, 6) is -0.131. The van der Waals surface area contributed by atoms with E-state index in [-0.39, 0.29) is 11.9 Å². The summed E-state index contributed by atoms with van der Waals surface area (Å²) in [5, 5.41) is 3.11. The molecule has 2 aromatic heterocycles. The molecule has 4 rings (SSSR count). The summed E-state index contributed by atoms with van der Waals surface area (Å²) in [7, 11) is 0. The van der Waals surface area contributed by atoms with E-state index < -0.39 is 0 Å². The number of nitrogens with zero attached hydrogens (tertiary/aromatic N) is 2. The van der Waals surface area contributed by atoms with Crippen LogP contribution >= 0.6 is 0 Å². The second-order valence-corrected chi connectivity index (χ2v) is 6.21. The maximum absolute atomic E-state index is 12.9. The highest BCUT2D eigenvalue weighted by Gasteiger charge is 2.18. The molecule has 4 heteroatoms. The first-order valence-electron chi connectivity index (χ1n) is 8.81. The van der Waals surface area contributed by atoms with E-state index in [1.165, 1.54) is 0 Å². The Balaban J connectivity index is 1.58. The Hall–Kier alpha value is -3.66. The molecule has 0 aliphatic heterocycles. The number of hydrogen-bond donors (Lipinski definition) is 1. The van der Waals surface area contributed by atoms with Crippen LogP contribution in [-0.4, -0.2) is 15.5 Å². The lowest BCUT2D eigenvalue weighted by atomic mass is 10.0. The maximum atomic E-state index is 12.9. The fourth-order valence-electron chi connectivity index (χ4n) is 3.03. The van der Waals surface area contributed by atoms with Gasteiger partial charge in [-0.2, -0.15) is 0 Å². The van der Waals surface area contributed by atoms with Gasteiger partial charge in [-0.25, -0.2) is 0 Å². The molecule has 0 aliphatic carbocycles. The molecule has 0 saturated heterocycles. The number of amides is 1. The SMILES string of the molecule is O=C(NC(c1ccccc1)c1ccccn1)c1ccc(-n2cccc2)cc1. The molecule has 0 aliphatic rings. The van der Waals surface area contributed by atoms with Crippen molar-refractivity contribution < 1.29 is 4.79 Å². The van der Waals surface area contributed by atoms with Crippen LogP contribution in [0.15, 0.2) is 104 Å². The molecule has 27 heavy (non-hydrogen) atoms. The molecule has 0 saturated carbocycles. The number of benzene rings is 2. The van der Waals surface area contributed by atoms with Crippen LogP contribution in [0.2, 0.25) is 0 Å². The van der Waals surface area contributed by atoms with E-state index in [0.29, 0.717) is 5.56 Å². The molecule has 1 amide bonds. The van der Waals surface area contributed by atoms with Gasteiger partial charge in [0.15, 0.2) is 0 Å². The third-order valence-corrected chi connectivity index (χ3v) is 4.42. The zero-order chi connectivity index (χ0) is 18.5. The van der Waals surface area contributed by atoms with Crippen molar-refractivity contribution in [3.8, 4) is 5.69 Å². The number of rotatable bonds is 5. The Labute approximate surface area is 158 Å². The first kappa shape index (κ1) is 16.8. The van der Waals surface area contributed by atoms with Crippen LogP contribution in [-0.2, 0) is 0 Å². The summed E-state index contributed by atoms with van der Waals surface area (Å²) in [6.07, 6.45) is 5.69. The molecule has 1 unspecified atom stereocenters. The van der Waals surface area contributed by atoms with E-state index in [1.54, 1.807) is 6.20 Å². The smallest absolute Gasteiger partial charge is 0.252 e. The summed E-state index contributed by atoms with van der Waals surface area (Å²) in [6.45, 7) is 0. The fourth-order valence-corrected chi connectivity index (χ4v) is 3.03. The van der Waals surface area contributed by atoms with Gasteiger partial charge in [-0.1, -0.05) is 36.4 Å². The molecule has 2 heterocycles. The van der Waals surface area contributed by atoms with Gasteiger partial charge < -0.3 is 9.88 Å². The third-order valence-electron chi connectivity index (χ3n) is 4.42. The van der Waals surface area contributed by atoms with E-state index in [2.05, 4.69) is 10.3 Å². The lowest BCUT2D eigenvalue weighted by Crippen LogP contribution is -2.29. The molecule has 2 aromatic carbocycles. The number of aromatic nitrogens is 2. The van der Waals surface area contributed by atoms with Crippen LogP contribution in [0.5, 0.6) is 0 Å². The lowest BCUT2D eigenvalue weighted by molar-refractivity contribution is 0.0942. The number of carbonyl (C=O) groups excluding carboxylic acids is 1. The zero-order valence-corrected chi connectivity index (χ0v) is 14.7. The van der Waals surface area contributed by atoms with Crippen LogP contribution < -0.4 is 5.32 Å². The van der Waals surface area contributed by atoms with Crippen LogP contribution in [0.1, 0.15) is 27.7 Å². The lowest BCUT2D eigenvalue weighted by Gasteiger charge is -2.19. The summed E-state index contributed by atoms with van der Waals surface area (Å²) in [6, 6.07) is 26.8. The maximum Gasteiger partial charge on any atom is 0.252 e. The topological polar surface area (TPSA) is 46.9 Å². The molecule has 0 fully saturated rings. The van der Waals surface area contributed by atoms with Gasteiger partial charge >= 0.3 is 0 Å². The minimum Gasteiger partial charge on any atom is -0.340 e. The summed E-state index contributed by atoms with van der Waals surface area (Å²) >= 11 is 0. The number of hydrogen-bond acceptors (Lipinski definition) is 2. The normalized spacial score (nSPS) is 11.7. The van der Waals surface area contributed by atoms with Crippen molar-refractivity contribution in [2.24, 2.45) is 0 Å². The average Bonchev–Trinajstić information content (AvgIpc) is 3.28. The predicted molar refractivity (Wildman–Crippen MR) is 106 cm³/mol. The molecular weight excluding hydrogens is 334 g/mol. The van der Waals surface area contributed by atoms with Crippen LogP contribution in [0.4, 0.5) is 0 Å². The highest BCUT2D eigenvalue weighted by Crippen LogP contribution is 2.21. The molecule has 1 N–H and O–H groups in total. The third kappa shape index (κ3) is 3.80. The molecule has 1 atom stereocenters. The molecule has 4 aromatic rings. The Bertz CT molecular complexity index is 955. The average molecular weight is 353 g/mol. The van der Waals surface area contributed by atoms with Gasteiger partial charge in [0.05, 0.1) is 11.7 Å².